The van der Waals surface area contributed by atoms with Gasteiger partial charge in [0.2, 0.25) is 0 Å². The van der Waals surface area contributed by atoms with Crippen molar-refractivity contribution in [3.05, 3.63) is 29.8 Å². The van der Waals surface area contributed by atoms with E-state index in [-0.39, 0.29) is 0 Å². The van der Waals surface area contributed by atoms with E-state index in [9.17, 15) is 0 Å². The Morgan fingerprint density at radius 3 is 2.73 bits per heavy atom. The summed E-state index contributed by atoms with van der Waals surface area (Å²) in [5.74, 6) is 0.727. The second kappa shape index (κ2) is 4.10. The highest BCUT2D eigenvalue weighted by Crippen LogP contribution is 2.16. The maximum absolute atomic E-state index is 4.43. The standard InChI is InChI=1S/C10H11BrN4/c1-7-8(3-11)4-12-10(14-7)9-5-13-15(2)6-9/h4-6H,3H2,1-2H3. The molecular weight excluding hydrogens is 256 g/mol. The Labute approximate surface area is 96.5 Å². The smallest absolute Gasteiger partial charge is 0.162 e. The van der Waals surface area contributed by atoms with Crippen molar-refractivity contribution in [2.45, 2.75) is 12.3 Å². The molecule has 0 aromatic carbocycles. The molecule has 0 saturated heterocycles. The minimum absolute atomic E-state index is 0.727. The van der Waals surface area contributed by atoms with Crippen molar-refractivity contribution < 1.29 is 0 Å². The molecule has 15 heavy (non-hydrogen) atoms. The van der Waals surface area contributed by atoms with Crippen molar-refractivity contribution in [1.82, 2.24) is 19.7 Å². The Kier molecular flexibility index (Phi) is 2.81. The van der Waals surface area contributed by atoms with Crippen molar-refractivity contribution in [2.24, 2.45) is 7.05 Å². The van der Waals surface area contributed by atoms with Gasteiger partial charge in [0.25, 0.3) is 0 Å². The van der Waals surface area contributed by atoms with E-state index in [1.165, 1.54) is 0 Å². The molecule has 0 radical (unpaired) electrons. The second-order valence-corrected chi connectivity index (χ2v) is 3.90. The molecule has 0 fully saturated rings. The Bertz CT molecular complexity index is 478. The van der Waals surface area contributed by atoms with Crippen LogP contribution in [0.15, 0.2) is 18.6 Å². The average molecular weight is 267 g/mol. The van der Waals surface area contributed by atoms with Crippen LogP contribution in [0, 0.1) is 6.92 Å². The molecule has 5 heteroatoms. The van der Waals surface area contributed by atoms with Crippen molar-refractivity contribution in [3.63, 3.8) is 0 Å². The van der Waals surface area contributed by atoms with Gasteiger partial charge >= 0.3 is 0 Å². The van der Waals surface area contributed by atoms with Gasteiger partial charge in [-0.05, 0) is 6.92 Å². The summed E-state index contributed by atoms with van der Waals surface area (Å²) in [5, 5.41) is 4.88. The number of aromatic nitrogens is 4. The normalized spacial score (nSPS) is 10.6. The minimum atomic E-state index is 0.727. The lowest BCUT2D eigenvalue weighted by atomic mass is 10.2. The molecule has 78 valence electrons. The monoisotopic (exact) mass is 266 g/mol. The van der Waals surface area contributed by atoms with Gasteiger partial charge in [-0.2, -0.15) is 5.10 Å². The summed E-state index contributed by atoms with van der Waals surface area (Å²) < 4.78 is 1.74. The van der Waals surface area contributed by atoms with E-state index in [4.69, 9.17) is 0 Å². The lowest BCUT2D eigenvalue weighted by Gasteiger charge is -2.02. The van der Waals surface area contributed by atoms with Gasteiger partial charge in [0.15, 0.2) is 5.82 Å². The summed E-state index contributed by atoms with van der Waals surface area (Å²) >= 11 is 3.40. The molecule has 2 heterocycles. The summed E-state index contributed by atoms with van der Waals surface area (Å²) in [6, 6.07) is 0. The van der Waals surface area contributed by atoms with Gasteiger partial charge < -0.3 is 0 Å². The van der Waals surface area contributed by atoms with Crippen LogP contribution in [0.1, 0.15) is 11.3 Å². The molecule has 0 saturated carbocycles. The SMILES string of the molecule is Cc1nc(-c2cnn(C)c2)ncc1CBr. The predicted octanol–water partition coefficient (Wildman–Crippen LogP) is 2.08. The summed E-state index contributed by atoms with van der Waals surface area (Å²) in [6.07, 6.45) is 5.52. The fourth-order valence-corrected chi connectivity index (χ4v) is 1.85. The van der Waals surface area contributed by atoms with Gasteiger partial charge in [-0.25, -0.2) is 9.97 Å². The molecule has 4 nitrogen and oxygen atoms in total. The zero-order valence-electron chi connectivity index (χ0n) is 8.61. The number of halogens is 1. The minimum Gasteiger partial charge on any atom is -0.275 e. The molecule has 0 aliphatic carbocycles. The van der Waals surface area contributed by atoms with Crippen LogP contribution in [0.2, 0.25) is 0 Å². The first-order chi connectivity index (χ1) is 7.20. The molecule has 2 rings (SSSR count). The quantitative estimate of drug-likeness (QED) is 0.782. The Hall–Kier alpha value is -1.23. The van der Waals surface area contributed by atoms with Crippen LogP contribution < -0.4 is 0 Å². The fraction of sp³-hybridized carbons (Fsp3) is 0.300. The van der Waals surface area contributed by atoms with E-state index in [2.05, 4.69) is 31.0 Å². The maximum Gasteiger partial charge on any atom is 0.162 e. The zero-order chi connectivity index (χ0) is 10.8. The Balaban J connectivity index is 2.42. The van der Waals surface area contributed by atoms with Gasteiger partial charge in [-0.3, -0.25) is 4.68 Å². The summed E-state index contributed by atoms with van der Waals surface area (Å²) in [6.45, 7) is 1.98. The van der Waals surface area contributed by atoms with Gasteiger partial charge in [0.05, 0.1) is 11.8 Å². The topological polar surface area (TPSA) is 43.6 Å². The van der Waals surface area contributed by atoms with Gasteiger partial charge in [-0.15, -0.1) is 0 Å². The molecule has 0 N–H and O–H groups in total. The molecule has 0 amide bonds. The predicted molar refractivity (Wildman–Crippen MR) is 61.6 cm³/mol. The van der Waals surface area contributed by atoms with Crippen LogP contribution in [0.3, 0.4) is 0 Å². The Morgan fingerprint density at radius 2 is 2.20 bits per heavy atom. The van der Waals surface area contributed by atoms with E-state index >= 15 is 0 Å². The van der Waals surface area contributed by atoms with E-state index in [1.807, 2.05) is 26.4 Å². The van der Waals surface area contributed by atoms with Crippen LogP contribution >= 0.6 is 15.9 Å². The first-order valence-electron chi connectivity index (χ1n) is 4.58. The molecule has 0 atom stereocenters. The van der Waals surface area contributed by atoms with E-state index < -0.39 is 0 Å². The first kappa shape index (κ1) is 10.3. The maximum atomic E-state index is 4.43. The van der Waals surface area contributed by atoms with Crippen LogP contribution in [-0.4, -0.2) is 19.7 Å². The molecule has 0 unspecified atom stereocenters. The largest absolute Gasteiger partial charge is 0.275 e. The third-order valence-electron chi connectivity index (χ3n) is 2.19. The number of rotatable bonds is 2. The number of aryl methyl sites for hydroxylation is 2. The number of nitrogens with zero attached hydrogens (tertiary/aromatic N) is 4. The first-order valence-corrected chi connectivity index (χ1v) is 5.70. The fourth-order valence-electron chi connectivity index (χ4n) is 1.30. The van der Waals surface area contributed by atoms with E-state index in [1.54, 1.807) is 10.9 Å². The molecule has 0 aliphatic heterocycles. The van der Waals surface area contributed by atoms with Crippen molar-refractivity contribution in [3.8, 4) is 11.4 Å². The van der Waals surface area contributed by atoms with E-state index in [0.29, 0.717) is 0 Å². The van der Waals surface area contributed by atoms with Crippen LogP contribution in [0.25, 0.3) is 11.4 Å². The van der Waals surface area contributed by atoms with Gasteiger partial charge in [0, 0.05) is 36.0 Å². The number of alkyl halides is 1. The van der Waals surface area contributed by atoms with Crippen LogP contribution in [0.5, 0.6) is 0 Å². The Morgan fingerprint density at radius 1 is 1.40 bits per heavy atom. The van der Waals surface area contributed by atoms with Crippen molar-refractivity contribution >= 4 is 15.9 Å². The lowest BCUT2D eigenvalue weighted by molar-refractivity contribution is 0.768. The van der Waals surface area contributed by atoms with E-state index in [0.717, 1.165) is 28.0 Å². The average Bonchev–Trinajstić information content (AvgIpc) is 2.65. The van der Waals surface area contributed by atoms with Crippen molar-refractivity contribution in [2.75, 3.05) is 0 Å². The highest BCUT2D eigenvalue weighted by molar-refractivity contribution is 9.08. The van der Waals surface area contributed by atoms with Crippen LogP contribution in [0.4, 0.5) is 0 Å². The number of hydrogen-bond acceptors (Lipinski definition) is 3. The highest BCUT2D eigenvalue weighted by Gasteiger charge is 2.06. The van der Waals surface area contributed by atoms with Crippen LogP contribution in [-0.2, 0) is 12.4 Å². The molecule has 0 spiro atoms. The van der Waals surface area contributed by atoms with Gasteiger partial charge in [-0.1, -0.05) is 15.9 Å². The molecule has 0 bridgehead atoms. The summed E-state index contributed by atoms with van der Waals surface area (Å²) in [4.78, 5) is 8.73. The third kappa shape index (κ3) is 2.07. The second-order valence-electron chi connectivity index (χ2n) is 3.34. The third-order valence-corrected chi connectivity index (χ3v) is 2.79. The number of hydrogen-bond donors (Lipinski definition) is 0. The molecule has 2 aromatic heterocycles. The summed E-state index contributed by atoms with van der Waals surface area (Å²) in [7, 11) is 1.88. The molecular formula is C10H11BrN4. The zero-order valence-corrected chi connectivity index (χ0v) is 10.2. The van der Waals surface area contributed by atoms with Gasteiger partial charge in [0.1, 0.15) is 0 Å². The van der Waals surface area contributed by atoms with Crippen molar-refractivity contribution in [1.29, 1.82) is 0 Å². The lowest BCUT2D eigenvalue weighted by Crippen LogP contribution is -1.95. The highest BCUT2D eigenvalue weighted by atomic mass is 79.9. The molecule has 0 aliphatic rings. The molecule has 2 aromatic rings. The summed E-state index contributed by atoms with van der Waals surface area (Å²) in [5.41, 5.74) is 3.06.